The lowest BCUT2D eigenvalue weighted by atomic mass is 9.85. The highest BCUT2D eigenvalue weighted by Crippen LogP contribution is 2.38. The number of methoxy groups -OCH3 is 2. The topological polar surface area (TPSA) is 31.4 Å². The summed E-state index contributed by atoms with van der Waals surface area (Å²) in [7, 11) is 3.37. The van der Waals surface area contributed by atoms with Gasteiger partial charge in [-0.1, -0.05) is 60.2 Å². The highest BCUT2D eigenvalue weighted by Gasteiger charge is 2.18. The molecule has 32 heavy (non-hydrogen) atoms. The molecule has 0 spiro atoms. The molecule has 0 aliphatic heterocycles. The molecule has 0 radical (unpaired) electrons. The van der Waals surface area contributed by atoms with Crippen LogP contribution < -0.4 is 9.47 Å². The second-order valence-electron chi connectivity index (χ2n) is 7.71. The molecule has 4 aromatic rings. The molecule has 0 N–H and O–H groups in total. The molecule has 0 aliphatic carbocycles. The summed E-state index contributed by atoms with van der Waals surface area (Å²) in [4.78, 5) is 4.59. The molecule has 3 nitrogen and oxygen atoms in total. The largest absolute Gasteiger partial charge is 0.497 e. The molecule has 0 bridgehead atoms. The van der Waals surface area contributed by atoms with Gasteiger partial charge in [-0.3, -0.25) is 4.98 Å². The summed E-state index contributed by atoms with van der Waals surface area (Å²) < 4.78 is 10.8. The predicted octanol–water partition coefficient (Wildman–Crippen LogP) is 6.72. The average Bonchev–Trinajstić information content (AvgIpc) is 2.84. The molecule has 0 saturated heterocycles. The van der Waals surface area contributed by atoms with Crippen LogP contribution in [0.1, 0.15) is 33.5 Å². The van der Waals surface area contributed by atoms with Crippen molar-refractivity contribution in [1.29, 1.82) is 0 Å². The van der Waals surface area contributed by atoms with Crippen molar-refractivity contribution in [3.8, 4) is 11.5 Å². The molecule has 1 aromatic heterocycles. The zero-order chi connectivity index (χ0) is 22.5. The first kappa shape index (κ1) is 21.4. The van der Waals surface area contributed by atoms with Gasteiger partial charge in [0.2, 0.25) is 0 Å². The van der Waals surface area contributed by atoms with Gasteiger partial charge in [0.25, 0.3) is 0 Å². The van der Waals surface area contributed by atoms with Crippen molar-refractivity contribution >= 4 is 11.1 Å². The molecule has 1 heterocycles. The summed E-state index contributed by atoms with van der Waals surface area (Å²) in [5.74, 6) is 1.66. The van der Waals surface area contributed by atoms with E-state index in [9.17, 15) is 0 Å². The smallest absolute Gasteiger partial charge is 0.118 e. The van der Waals surface area contributed by atoms with Gasteiger partial charge in [0.15, 0.2) is 0 Å². The van der Waals surface area contributed by atoms with Gasteiger partial charge >= 0.3 is 0 Å². The third-order valence-corrected chi connectivity index (χ3v) is 5.62. The van der Waals surface area contributed by atoms with Gasteiger partial charge in [-0.2, -0.15) is 0 Å². The Hall–Kier alpha value is -3.85. The van der Waals surface area contributed by atoms with Gasteiger partial charge in [0.1, 0.15) is 11.5 Å². The van der Waals surface area contributed by atoms with E-state index in [1.54, 1.807) is 14.2 Å². The molecule has 0 aliphatic rings. The van der Waals surface area contributed by atoms with Gasteiger partial charge in [-0.05, 0) is 72.0 Å². The van der Waals surface area contributed by atoms with Crippen molar-refractivity contribution in [2.75, 3.05) is 14.2 Å². The average molecular weight is 422 g/mol. The number of aryl methyl sites for hydroxylation is 2. The number of ether oxygens (including phenoxy) is 2. The quantitative estimate of drug-likeness (QED) is 0.324. The number of pyridine rings is 1. The van der Waals surface area contributed by atoms with Crippen molar-refractivity contribution < 1.29 is 9.47 Å². The number of aromatic nitrogens is 1. The second kappa shape index (κ2) is 9.52. The Kier molecular flexibility index (Phi) is 6.37. The first-order valence-electron chi connectivity index (χ1n) is 10.6. The van der Waals surface area contributed by atoms with Crippen molar-refractivity contribution in [3.05, 3.63) is 125 Å². The van der Waals surface area contributed by atoms with E-state index in [2.05, 4.69) is 73.4 Å². The molecule has 0 fully saturated rings. The molecule has 0 unspecified atom stereocenters. The lowest BCUT2D eigenvalue weighted by Crippen LogP contribution is -2.00. The van der Waals surface area contributed by atoms with Crippen LogP contribution in [0.2, 0.25) is 0 Å². The Morgan fingerprint density at radius 1 is 0.594 bits per heavy atom. The van der Waals surface area contributed by atoms with E-state index in [-0.39, 0.29) is 0 Å². The van der Waals surface area contributed by atoms with Gasteiger partial charge in [0.05, 0.1) is 14.2 Å². The van der Waals surface area contributed by atoms with E-state index in [1.165, 1.54) is 5.56 Å². The van der Waals surface area contributed by atoms with Crippen molar-refractivity contribution in [1.82, 2.24) is 4.98 Å². The van der Waals surface area contributed by atoms with E-state index < -0.39 is 0 Å². The van der Waals surface area contributed by atoms with Crippen LogP contribution in [0.25, 0.3) is 11.1 Å². The number of hydrogen-bond donors (Lipinski definition) is 0. The maximum absolute atomic E-state index is 5.40. The monoisotopic (exact) mass is 421 g/mol. The fourth-order valence-electron chi connectivity index (χ4n) is 3.87. The number of benzene rings is 3. The minimum atomic E-state index is 0.831. The molecule has 3 aromatic carbocycles. The molecular weight excluding hydrogens is 394 g/mol. The Bertz CT molecular complexity index is 1220. The van der Waals surface area contributed by atoms with Crippen LogP contribution in [0.5, 0.6) is 11.5 Å². The third-order valence-electron chi connectivity index (χ3n) is 5.62. The SMILES string of the molecule is COc1ccc(/C(=C(/c2ccc(OC)cc2)c2cccnc2C)c2ccc(C)cc2)cc1. The first-order valence-corrected chi connectivity index (χ1v) is 10.6. The summed E-state index contributed by atoms with van der Waals surface area (Å²) in [5.41, 5.74) is 8.96. The highest BCUT2D eigenvalue weighted by molar-refractivity contribution is 6.05. The second-order valence-corrected chi connectivity index (χ2v) is 7.71. The minimum Gasteiger partial charge on any atom is -0.497 e. The lowest BCUT2D eigenvalue weighted by Gasteiger charge is -2.19. The van der Waals surface area contributed by atoms with Crippen LogP contribution in [0.3, 0.4) is 0 Å². The van der Waals surface area contributed by atoms with Gasteiger partial charge in [-0.25, -0.2) is 0 Å². The summed E-state index contributed by atoms with van der Waals surface area (Å²) in [6.45, 7) is 4.16. The van der Waals surface area contributed by atoms with Crippen molar-refractivity contribution in [2.24, 2.45) is 0 Å². The standard InChI is InChI=1S/C29H27NO2/c1-20-7-9-22(10-8-20)28(23-11-15-25(31-3)16-12-23)29(27-6-5-19-30-21(27)2)24-13-17-26(32-4)18-14-24/h5-19H,1-4H3/b29-28-. The Balaban J connectivity index is 2.08. The number of nitrogens with zero attached hydrogens (tertiary/aromatic N) is 1. The molecule has 0 saturated carbocycles. The molecule has 0 atom stereocenters. The molecular formula is C29H27NO2. The number of hydrogen-bond acceptors (Lipinski definition) is 3. The number of rotatable bonds is 6. The highest BCUT2D eigenvalue weighted by atomic mass is 16.5. The van der Waals surface area contributed by atoms with Crippen LogP contribution in [-0.4, -0.2) is 19.2 Å². The summed E-state index contributed by atoms with van der Waals surface area (Å²) in [6.07, 6.45) is 1.84. The zero-order valence-corrected chi connectivity index (χ0v) is 18.9. The van der Waals surface area contributed by atoms with Crippen LogP contribution in [0.15, 0.2) is 91.1 Å². The van der Waals surface area contributed by atoms with E-state index in [0.29, 0.717) is 0 Å². The molecule has 160 valence electrons. The predicted molar refractivity (Wildman–Crippen MR) is 131 cm³/mol. The van der Waals surface area contributed by atoms with Gasteiger partial charge in [0, 0.05) is 17.5 Å². The van der Waals surface area contributed by atoms with Crippen molar-refractivity contribution in [3.63, 3.8) is 0 Å². The van der Waals surface area contributed by atoms with E-state index in [1.807, 2.05) is 36.5 Å². The minimum absolute atomic E-state index is 0.831. The first-order chi connectivity index (χ1) is 15.6. The molecule has 4 rings (SSSR count). The van der Waals surface area contributed by atoms with Crippen LogP contribution in [-0.2, 0) is 0 Å². The summed E-state index contributed by atoms with van der Waals surface area (Å²) >= 11 is 0. The van der Waals surface area contributed by atoms with E-state index in [0.717, 1.165) is 50.6 Å². The fraction of sp³-hybridized carbons (Fsp3) is 0.138. The van der Waals surface area contributed by atoms with E-state index in [4.69, 9.17) is 9.47 Å². The maximum Gasteiger partial charge on any atom is 0.118 e. The Labute approximate surface area is 190 Å². The van der Waals surface area contributed by atoms with Crippen LogP contribution >= 0.6 is 0 Å². The van der Waals surface area contributed by atoms with Crippen molar-refractivity contribution in [2.45, 2.75) is 13.8 Å². The van der Waals surface area contributed by atoms with Crippen LogP contribution in [0, 0.1) is 13.8 Å². The Morgan fingerprint density at radius 2 is 1.06 bits per heavy atom. The third kappa shape index (κ3) is 4.42. The summed E-state index contributed by atoms with van der Waals surface area (Å²) in [5, 5.41) is 0. The fourth-order valence-corrected chi connectivity index (χ4v) is 3.87. The zero-order valence-electron chi connectivity index (χ0n) is 18.9. The summed E-state index contributed by atoms with van der Waals surface area (Å²) in [6, 6.07) is 29.3. The van der Waals surface area contributed by atoms with Gasteiger partial charge < -0.3 is 9.47 Å². The maximum atomic E-state index is 5.40. The Morgan fingerprint density at radius 3 is 1.53 bits per heavy atom. The van der Waals surface area contributed by atoms with Gasteiger partial charge in [-0.15, -0.1) is 0 Å². The lowest BCUT2D eigenvalue weighted by molar-refractivity contribution is 0.414. The normalized spacial score (nSPS) is 11.6. The van der Waals surface area contributed by atoms with E-state index >= 15 is 0 Å². The molecule has 3 heteroatoms. The molecule has 0 amide bonds. The van der Waals surface area contributed by atoms with Crippen LogP contribution in [0.4, 0.5) is 0 Å².